The van der Waals surface area contributed by atoms with Crippen LogP contribution in [-0.2, 0) is 6.18 Å². The van der Waals surface area contributed by atoms with Crippen molar-refractivity contribution in [3.05, 3.63) is 95.9 Å². The Balaban J connectivity index is 1.81. The highest BCUT2D eigenvalue weighted by molar-refractivity contribution is 5.83. The topological polar surface area (TPSA) is 60.5 Å². The standard InChI is InChI=1S/C22H16F3N3O/c23-22(24,25)15-6-3-7-16(13-15)28-20(18-8-1-2-11-26-18)17-10-9-14-5-4-12-27-19(14)21(17)29/h1-13,20,28-29H/p+2. The lowest BCUT2D eigenvalue weighted by Crippen LogP contribution is -2.22. The molecule has 4 N–H and O–H groups in total. The molecule has 2 heterocycles. The van der Waals surface area contributed by atoms with E-state index in [-0.39, 0.29) is 5.75 Å². The second kappa shape index (κ2) is 7.43. The number of hydrogen-bond donors (Lipinski definition) is 2. The minimum atomic E-state index is -4.44. The van der Waals surface area contributed by atoms with Crippen molar-refractivity contribution in [2.45, 2.75) is 12.2 Å². The number of fused-ring (bicyclic) bond motifs is 1. The molecule has 0 saturated carbocycles. The van der Waals surface area contributed by atoms with Crippen molar-refractivity contribution in [1.82, 2.24) is 0 Å². The van der Waals surface area contributed by atoms with Crippen LogP contribution in [0.2, 0.25) is 0 Å². The van der Waals surface area contributed by atoms with Crippen LogP contribution in [0.5, 0.6) is 5.75 Å². The van der Waals surface area contributed by atoms with Gasteiger partial charge in [0, 0.05) is 29.4 Å². The summed E-state index contributed by atoms with van der Waals surface area (Å²) in [6, 6.07) is 17.1. The number of pyridine rings is 2. The van der Waals surface area contributed by atoms with E-state index in [0.29, 0.717) is 22.5 Å². The molecule has 0 amide bonds. The SMILES string of the molecule is Oc1c(C(Nc2cccc(C(F)(F)F)c2)c2cccc[nH+]2)ccc2ccc[nH+]c12. The molecule has 4 rings (SSSR count). The summed E-state index contributed by atoms with van der Waals surface area (Å²) in [5.41, 5.74) is 1.32. The Morgan fingerprint density at radius 2 is 1.69 bits per heavy atom. The predicted molar refractivity (Wildman–Crippen MR) is 102 cm³/mol. The van der Waals surface area contributed by atoms with Crippen molar-refractivity contribution >= 4 is 16.6 Å². The van der Waals surface area contributed by atoms with E-state index in [2.05, 4.69) is 15.3 Å². The molecule has 0 saturated heterocycles. The Morgan fingerprint density at radius 3 is 2.45 bits per heavy atom. The molecule has 0 radical (unpaired) electrons. The number of benzene rings is 2. The molecule has 0 aliphatic rings. The first-order valence-corrected chi connectivity index (χ1v) is 8.96. The fraction of sp³-hybridized carbons (Fsp3) is 0.0909. The van der Waals surface area contributed by atoms with E-state index in [4.69, 9.17) is 0 Å². The molecule has 146 valence electrons. The van der Waals surface area contributed by atoms with Crippen molar-refractivity contribution in [2.75, 3.05) is 5.32 Å². The number of aromatic nitrogens is 2. The van der Waals surface area contributed by atoms with Crippen LogP contribution in [0.15, 0.2) is 79.1 Å². The average Bonchev–Trinajstić information content (AvgIpc) is 2.73. The maximum Gasteiger partial charge on any atom is 0.416 e. The molecular weight excluding hydrogens is 379 g/mol. The first-order chi connectivity index (χ1) is 13.9. The van der Waals surface area contributed by atoms with Gasteiger partial charge in [-0.15, -0.1) is 0 Å². The Labute approximate surface area is 164 Å². The predicted octanol–water partition coefficient (Wildman–Crippen LogP) is 4.39. The number of hydrogen-bond acceptors (Lipinski definition) is 2. The van der Waals surface area contributed by atoms with Gasteiger partial charge in [-0.1, -0.05) is 18.2 Å². The van der Waals surface area contributed by atoms with Crippen LogP contribution < -0.4 is 15.3 Å². The number of anilines is 1. The number of phenolic OH excluding ortho intramolecular Hbond substituents is 1. The second-order valence-corrected chi connectivity index (χ2v) is 6.61. The highest BCUT2D eigenvalue weighted by atomic mass is 19.4. The first kappa shape index (κ1) is 18.7. The van der Waals surface area contributed by atoms with Gasteiger partial charge in [-0.3, -0.25) is 0 Å². The third kappa shape index (κ3) is 3.85. The van der Waals surface area contributed by atoms with Gasteiger partial charge in [-0.25, -0.2) is 9.97 Å². The molecule has 0 bridgehead atoms. The van der Waals surface area contributed by atoms with Gasteiger partial charge >= 0.3 is 6.18 Å². The average molecular weight is 397 g/mol. The van der Waals surface area contributed by atoms with Crippen molar-refractivity contribution in [2.24, 2.45) is 0 Å². The molecule has 7 heteroatoms. The largest absolute Gasteiger partial charge is 0.502 e. The molecule has 29 heavy (non-hydrogen) atoms. The first-order valence-electron chi connectivity index (χ1n) is 8.96. The minimum Gasteiger partial charge on any atom is -0.502 e. The van der Waals surface area contributed by atoms with E-state index >= 15 is 0 Å². The minimum absolute atomic E-state index is 0.0322. The summed E-state index contributed by atoms with van der Waals surface area (Å²) in [7, 11) is 0. The second-order valence-electron chi connectivity index (χ2n) is 6.61. The Morgan fingerprint density at radius 1 is 0.862 bits per heavy atom. The summed E-state index contributed by atoms with van der Waals surface area (Å²) in [5, 5.41) is 14.8. The fourth-order valence-electron chi connectivity index (χ4n) is 3.29. The number of aromatic hydroxyl groups is 1. The maximum absolute atomic E-state index is 13.1. The molecule has 0 aliphatic heterocycles. The van der Waals surface area contributed by atoms with Crippen LogP contribution in [0, 0.1) is 0 Å². The van der Waals surface area contributed by atoms with E-state index in [1.54, 1.807) is 30.6 Å². The molecule has 1 atom stereocenters. The van der Waals surface area contributed by atoms with Crippen molar-refractivity contribution in [3.8, 4) is 5.75 Å². The summed E-state index contributed by atoms with van der Waals surface area (Å²) in [6.07, 6.45) is -1.01. The zero-order chi connectivity index (χ0) is 20.4. The molecule has 4 aromatic rings. The van der Waals surface area contributed by atoms with Gasteiger partial charge in [-0.05, 0) is 30.3 Å². The third-order valence-electron chi connectivity index (χ3n) is 4.70. The van der Waals surface area contributed by atoms with Crippen LogP contribution >= 0.6 is 0 Å². The molecule has 1 unspecified atom stereocenters. The smallest absolute Gasteiger partial charge is 0.416 e. The van der Waals surface area contributed by atoms with Gasteiger partial charge in [0.25, 0.3) is 5.52 Å². The molecule has 2 aromatic carbocycles. The quantitative estimate of drug-likeness (QED) is 0.536. The van der Waals surface area contributed by atoms with Gasteiger partial charge in [0.1, 0.15) is 6.04 Å². The van der Waals surface area contributed by atoms with E-state index in [0.717, 1.165) is 17.5 Å². The Bertz CT molecular complexity index is 1150. The maximum atomic E-state index is 13.1. The van der Waals surface area contributed by atoms with Gasteiger partial charge < -0.3 is 10.4 Å². The summed E-state index contributed by atoms with van der Waals surface area (Å²) in [5.74, 6) is 0.0322. The van der Waals surface area contributed by atoms with Crippen LogP contribution in [0.25, 0.3) is 10.9 Å². The highest BCUT2D eigenvalue weighted by Gasteiger charge is 2.31. The van der Waals surface area contributed by atoms with E-state index in [1.165, 1.54) is 6.07 Å². The summed E-state index contributed by atoms with van der Waals surface area (Å²) in [6.45, 7) is 0. The monoisotopic (exact) mass is 397 g/mol. The van der Waals surface area contributed by atoms with E-state index in [1.807, 2.05) is 30.3 Å². The summed E-state index contributed by atoms with van der Waals surface area (Å²) < 4.78 is 39.3. The summed E-state index contributed by atoms with van der Waals surface area (Å²) >= 11 is 0. The van der Waals surface area contributed by atoms with Gasteiger partial charge in [0.05, 0.1) is 10.9 Å². The van der Waals surface area contributed by atoms with Crippen molar-refractivity contribution < 1.29 is 28.2 Å². The lowest BCUT2D eigenvalue weighted by Gasteiger charge is -2.19. The number of alkyl halides is 3. The number of halogens is 3. The van der Waals surface area contributed by atoms with Crippen LogP contribution in [0.3, 0.4) is 0 Å². The number of phenols is 1. The third-order valence-corrected chi connectivity index (χ3v) is 4.70. The number of rotatable bonds is 4. The van der Waals surface area contributed by atoms with Crippen LogP contribution in [0.1, 0.15) is 22.9 Å². The molecule has 2 aromatic heterocycles. The molecule has 0 spiro atoms. The molecule has 0 aliphatic carbocycles. The molecular formula is C22H18F3N3O+2. The van der Waals surface area contributed by atoms with Crippen LogP contribution in [-0.4, -0.2) is 5.11 Å². The Hall–Kier alpha value is -3.61. The van der Waals surface area contributed by atoms with Gasteiger partial charge in [0.2, 0.25) is 5.69 Å². The Kier molecular flexibility index (Phi) is 4.80. The van der Waals surface area contributed by atoms with Crippen molar-refractivity contribution in [1.29, 1.82) is 0 Å². The number of aromatic amines is 2. The van der Waals surface area contributed by atoms with E-state index in [9.17, 15) is 18.3 Å². The van der Waals surface area contributed by atoms with Gasteiger partial charge in [0.15, 0.2) is 18.1 Å². The number of H-pyrrole nitrogens is 2. The van der Waals surface area contributed by atoms with Crippen LogP contribution in [0.4, 0.5) is 18.9 Å². The highest BCUT2D eigenvalue weighted by Crippen LogP contribution is 2.36. The summed E-state index contributed by atoms with van der Waals surface area (Å²) in [4.78, 5) is 6.12. The molecule has 4 nitrogen and oxygen atoms in total. The van der Waals surface area contributed by atoms with Crippen molar-refractivity contribution in [3.63, 3.8) is 0 Å². The normalized spacial score (nSPS) is 12.7. The zero-order valence-electron chi connectivity index (χ0n) is 15.2. The van der Waals surface area contributed by atoms with E-state index < -0.39 is 17.8 Å². The zero-order valence-corrected chi connectivity index (χ0v) is 15.2. The number of nitrogens with one attached hydrogen (secondary N) is 3. The van der Waals surface area contributed by atoms with Gasteiger partial charge in [-0.2, -0.15) is 13.2 Å². The molecule has 0 fully saturated rings. The lowest BCUT2D eigenvalue weighted by molar-refractivity contribution is -0.391. The lowest BCUT2D eigenvalue weighted by atomic mass is 9.99. The fourth-order valence-corrected chi connectivity index (χ4v) is 3.29.